The Bertz CT molecular complexity index is 1130. The zero-order valence-electron chi connectivity index (χ0n) is 17.2. The topological polar surface area (TPSA) is 80.2 Å². The molecule has 3 aromatic rings. The van der Waals surface area contributed by atoms with Gasteiger partial charge in [-0.25, -0.2) is 4.98 Å². The SMILES string of the molecule is Cc1ccc(NC(=O)c2cc(C(F)(F)F)cnn2)cc1-c1ccnc(N2CCOCC2)c1. The number of aryl methyl sites for hydroxylation is 1. The second-order valence-corrected chi connectivity index (χ2v) is 7.31. The predicted molar refractivity (Wildman–Crippen MR) is 112 cm³/mol. The van der Waals surface area contributed by atoms with Gasteiger partial charge in [0.05, 0.1) is 25.0 Å². The molecule has 4 rings (SSSR count). The Kier molecular flexibility index (Phi) is 6.04. The van der Waals surface area contributed by atoms with Crippen LogP contribution in [0.3, 0.4) is 0 Å². The summed E-state index contributed by atoms with van der Waals surface area (Å²) in [5.74, 6) is 0.0565. The van der Waals surface area contributed by atoms with Gasteiger partial charge in [-0.3, -0.25) is 4.79 Å². The fourth-order valence-electron chi connectivity index (χ4n) is 3.39. The number of rotatable bonds is 4. The summed E-state index contributed by atoms with van der Waals surface area (Å²) >= 11 is 0. The lowest BCUT2D eigenvalue weighted by molar-refractivity contribution is -0.137. The van der Waals surface area contributed by atoms with Crippen LogP contribution in [-0.4, -0.2) is 47.4 Å². The Hall–Kier alpha value is -3.53. The highest BCUT2D eigenvalue weighted by atomic mass is 19.4. The number of hydrogen-bond acceptors (Lipinski definition) is 6. The van der Waals surface area contributed by atoms with Crippen LogP contribution in [0.15, 0.2) is 48.8 Å². The van der Waals surface area contributed by atoms with E-state index < -0.39 is 23.3 Å². The number of nitrogens with one attached hydrogen (secondary N) is 1. The zero-order valence-corrected chi connectivity index (χ0v) is 17.2. The first kappa shape index (κ1) is 21.7. The number of anilines is 2. The van der Waals surface area contributed by atoms with E-state index in [0.717, 1.165) is 35.6 Å². The molecule has 1 aliphatic heterocycles. The number of carbonyl (C=O) groups is 1. The van der Waals surface area contributed by atoms with Gasteiger partial charge >= 0.3 is 6.18 Å². The van der Waals surface area contributed by atoms with Crippen molar-refractivity contribution in [1.82, 2.24) is 15.2 Å². The van der Waals surface area contributed by atoms with Crippen LogP contribution < -0.4 is 10.2 Å². The average molecular weight is 443 g/mol. The highest BCUT2D eigenvalue weighted by Crippen LogP contribution is 2.30. The van der Waals surface area contributed by atoms with Crippen LogP contribution >= 0.6 is 0 Å². The first-order valence-electron chi connectivity index (χ1n) is 9.92. The molecule has 166 valence electrons. The predicted octanol–water partition coefficient (Wildman–Crippen LogP) is 3.95. The average Bonchev–Trinajstić information content (AvgIpc) is 2.80. The summed E-state index contributed by atoms with van der Waals surface area (Å²) in [6, 6.07) is 9.80. The zero-order chi connectivity index (χ0) is 22.7. The van der Waals surface area contributed by atoms with E-state index in [4.69, 9.17) is 4.74 Å². The van der Waals surface area contributed by atoms with Gasteiger partial charge in [0.25, 0.3) is 5.91 Å². The largest absolute Gasteiger partial charge is 0.418 e. The molecule has 0 spiro atoms. The van der Waals surface area contributed by atoms with E-state index >= 15 is 0 Å². The molecule has 1 N–H and O–H groups in total. The summed E-state index contributed by atoms with van der Waals surface area (Å²) in [6.45, 7) is 4.73. The van der Waals surface area contributed by atoms with E-state index in [0.29, 0.717) is 31.2 Å². The third-order valence-electron chi connectivity index (χ3n) is 5.10. The number of pyridine rings is 1. The third-order valence-corrected chi connectivity index (χ3v) is 5.10. The summed E-state index contributed by atoms with van der Waals surface area (Å²) in [7, 11) is 0. The molecule has 10 heteroatoms. The van der Waals surface area contributed by atoms with Crippen LogP contribution in [0.5, 0.6) is 0 Å². The Morgan fingerprint density at radius 1 is 1.12 bits per heavy atom. The van der Waals surface area contributed by atoms with Crippen LogP contribution in [0.25, 0.3) is 11.1 Å². The molecule has 1 amide bonds. The number of hydrogen-bond donors (Lipinski definition) is 1. The van der Waals surface area contributed by atoms with E-state index in [1.165, 1.54) is 0 Å². The van der Waals surface area contributed by atoms with Gasteiger partial charge in [0.1, 0.15) is 5.82 Å². The molecule has 0 radical (unpaired) electrons. The molecule has 0 unspecified atom stereocenters. The molecule has 1 saturated heterocycles. The minimum Gasteiger partial charge on any atom is -0.378 e. The maximum absolute atomic E-state index is 12.9. The van der Waals surface area contributed by atoms with Gasteiger partial charge < -0.3 is 15.0 Å². The molecule has 1 aromatic carbocycles. The Labute approximate surface area is 182 Å². The number of morpholine rings is 1. The van der Waals surface area contributed by atoms with E-state index in [2.05, 4.69) is 25.4 Å². The number of carbonyl (C=O) groups excluding carboxylic acids is 1. The molecule has 0 bridgehead atoms. The molecule has 1 aliphatic rings. The molecule has 1 fully saturated rings. The van der Waals surface area contributed by atoms with Gasteiger partial charge in [-0.1, -0.05) is 6.07 Å². The van der Waals surface area contributed by atoms with Crippen molar-refractivity contribution in [3.05, 3.63) is 65.6 Å². The van der Waals surface area contributed by atoms with Crippen molar-refractivity contribution in [2.75, 3.05) is 36.5 Å². The molecule has 0 atom stereocenters. The van der Waals surface area contributed by atoms with Crippen molar-refractivity contribution in [1.29, 1.82) is 0 Å². The van der Waals surface area contributed by atoms with E-state index in [-0.39, 0.29) is 0 Å². The lowest BCUT2D eigenvalue weighted by Gasteiger charge is -2.28. The van der Waals surface area contributed by atoms with Gasteiger partial charge in [-0.2, -0.15) is 18.3 Å². The van der Waals surface area contributed by atoms with E-state index in [9.17, 15) is 18.0 Å². The van der Waals surface area contributed by atoms with Gasteiger partial charge in [0, 0.05) is 25.0 Å². The van der Waals surface area contributed by atoms with Crippen molar-refractivity contribution >= 4 is 17.4 Å². The van der Waals surface area contributed by atoms with Crippen LogP contribution in [0.1, 0.15) is 21.6 Å². The highest BCUT2D eigenvalue weighted by Gasteiger charge is 2.32. The molecule has 2 aromatic heterocycles. The van der Waals surface area contributed by atoms with Crippen molar-refractivity contribution in [3.8, 4) is 11.1 Å². The monoisotopic (exact) mass is 443 g/mol. The number of ether oxygens (including phenoxy) is 1. The summed E-state index contributed by atoms with van der Waals surface area (Å²) in [4.78, 5) is 19.1. The first-order chi connectivity index (χ1) is 15.3. The lowest BCUT2D eigenvalue weighted by atomic mass is 10.0. The summed E-state index contributed by atoms with van der Waals surface area (Å²) in [6.07, 6.45) is -2.30. The summed E-state index contributed by atoms with van der Waals surface area (Å²) in [5, 5.41) is 9.42. The molecule has 0 saturated carbocycles. The minimum atomic E-state index is -4.61. The lowest BCUT2D eigenvalue weighted by Crippen LogP contribution is -2.36. The van der Waals surface area contributed by atoms with E-state index in [1.54, 1.807) is 18.3 Å². The van der Waals surface area contributed by atoms with Crippen LogP contribution in [-0.2, 0) is 10.9 Å². The van der Waals surface area contributed by atoms with Gasteiger partial charge in [0.15, 0.2) is 5.69 Å². The number of alkyl halides is 3. The van der Waals surface area contributed by atoms with Crippen molar-refractivity contribution in [3.63, 3.8) is 0 Å². The number of aromatic nitrogens is 3. The quantitative estimate of drug-likeness (QED) is 0.658. The molecular formula is C22H20F3N5O2. The standard InChI is InChI=1S/C22H20F3N5O2/c1-14-2-3-17(28-21(31)19-11-16(13-27-29-19)22(23,24)25)12-18(14)15-4-5-26-20(10-15)30-6-8-32-9-7-30/h2-5,10-13H,6-9H2,1H3,(H,28,31). The minimum absolute atomic E-state index is 0.416. The Morgan fingerprint density at radius 3 is 2.66 bits per heavy atom. The Morgan fingerprint density at radius 2 is 1.91 bits per heavy atom. The fourth-order valence-corrected chi connectivity index (χ4v) is 3.39. The highest BCUT2D eigenvalue weighted by molar-refractivity contribution is 6.03. The summed E-state index contributed by atoms with van der Waals surface area (Å²) in [5.41, 5.74) is 1.74. The van der Waals surface area contributed by atoms with Crippen LogP contribution in [0.2, 0.25) is 0 Å². The summed E-state index contributed by atoms with van der Waals surface area (Å²) < 4.78 is 44.1. The number of benzene rings is 1. The first-order valence-corrected chi connectivity index (χ1v) is 9.92. The number of nitrogens with zero attached hydrogens (tertiary/aromatic N) is 4. The normalized spacial score (nSPS) is 14.3. The Balaban J connectivity index is 1.58. The van der Waals surface area contributed by atoms with E-state index in [1.807, 2.05) is 25.1 Å². The second-order valence-electron chi connectivity index (χ2n) is 7.31. The molecule has 3 heterocycles. The molecule has 0 aliphatic carbocycles. The third kappa shape index (κ3) is 4.86. The van der Waals surface area contributed by atoms with Crippen LogP contribution in [0, 0.1) is 6.92 Å². The molecule has 32 heavy (non-hydrogen) atoms. The van der Waals surface area contributed by atoms with Crippen LogP contribution in [0.4, 0.5) is 24.7 Å². The second kappa shape index (κ2) is 8.91. The number of amides is 1. The smallest absolute Gasteiger partial charge is 0.378 e. The fraction of sp³-hybridized carbons (Fsp3) is 0.273. The van der Waals surface area contributed by atoms with Gasteiger partial charge in [-0.15, -0.1) is 5.10 Å². The molecule has 7 nitrogen and oxygen atoms in total. The van der Waals surface area contributed by atoms with Crippen molar-refractivity contribution in [2.45, 2.75) is 13.1 Å². The molecular weight excluding hydrogens is 423 g/mol. The maximum Gasteiger partial charge on any atom is 0.418 e. The maximum atomic E-state index is 12.9. The van der Waals surface area contributed by atoms with Crippen molar-refractivity contribution < 1.29 is 22.7 Å². The van der Waals surface area contributed by atoms with Gasteiger partial charge in [-0.05, 0) is 53.9 Å². The number of halogens is 3. The van der Waals surface area contributed by atoms with Gasteiger partial charge in [0.2, 0.25) is 0 Å². The van der Waals surface area contributed by atoms with Crippen molar-refractivity contribution in [2.24, 2.45) is 0 Å².